The van der Waals surface area contributed by atoms with E-state index in [1.807, 2.05) is 12.1 Å². The Balaban J connectivity index is 2.64. The quantitative estimate of drug-likeness (QED) is 0.714. The zero-order valence-corrected chi connectivity index (χ0v) is 8.09. The molecule has 12 heavy (non-hydrogen) atoms. The normalized spacial score (nSPS) is 10.8. The lowest BCUT2D eigenvalue weighted by Gasteiger charge is -1.82. The van der Waals surface area contributed by atoms with Crippen LogP contribution in [0, 0.1) is 0 Å². The van der Waals surface area contributed by atoms with Crippen LogP contribution in [0.1, 0.15) is 16.6 Å². The summed E-state index contributed by atoms with van der Waals surface area (Å²) in [5.74, 6) is 0.127. The molecule has 0 radical (unpaired) electrons. The number of carbonyl (C=O) groups excluding carboxylic acids is 1. The molecule has 0 aliphatic rings. The number of fused-ring (bicyclic) bond motifs is 1. The predicted molar refractivity (Wildman–Crippen MR) is 54.1 cm³/mol. The van der Waals surface area contributed by atoms with Gasteiger partial charge in [0.2, 0.25) is 0 Å². The summed E-state index contributed by atoms with van der Waals surface area (Å²) in [7, 11) is 0. The molecule has 0 spiro atoms. The van der Waals surface area contributed by atoms with E-state index in [0.29, 0.717) is 0 Å². The van der Waals surface area contributed by atoms with Crippen LogP contribution in [-0.2, 0) is 0 Å². The van der Waals surface area contributed by atoms with Crippen molar-refractivity contribution >= 4 is 42.9 Å². The summed E-state index contributed by atoms with van der Waals surface area (Å²) >= 11 is 3.05. The van der Waals surface area contributed by atoms with Gasteiger partial charge in [-0.25, -0.2) is 0 Å². The Labute approximate surface area is 77.6 Å². The van der Waals surface area contributed by atoms with Crippen molar-refractivity contribution < 1.29 is 4.79 Å². The maximum absolute atomic E-state index is 11.0. The molecule has 0 saturated carbocycles. The zero-order chi connectivity index (χ0) is 8.72. The van der Waals surface area contributed by atoms with Gasteiger partial charge in [-0.3, -0.25) is 4.79 Å². The summed E-state index contributed by atoms with van der Waals surface area (Å²) in [6.45, 7) is 1.58. The van der Waals surface area contributed by atoms with Gasteiger partial charge in [-0.2, -0.15) is 0 Å². The fraction of sp³-hybridized carbons (Fsp3) is 0.125. The van der Waals surface area contributed by atoms with Crippen LogP contribution in [0.3, 0.4) is 0 Å². The van der Waals surface area contributed by atoms with E-state index in [0.717, 1.165) is 19.3 Å². The van der Waals surface area contributed by atoms with Gasteiger partial charge in [-0.05, 0) is 19.1 Å². The summed E-state index contributed by atoms with van der Waals surface area (Å²) in [5.41, 5.74) is 5.60. The minimum atomic E-state index is 0.127. The second-order valence-corrected chi connectivity index (χ2v) is 4.95. The standard InChI is InChI=1S/C8H7NOS2/c1-4(10)6-2-5-3-7(9)12-8(5)11-6/h2-3H,9H2,1H3. The first-order valence-electron chi connectivity index (χ1n) is 3.46. The third kappa shape index (κ3) is 1.13. The average Bonchev–Trinajstić information content (AvgIpc) is 2.42. The summed E-state index contributed by atoms with van der Waals surface area (Å²) < 4.78 is 1.14. The summed E-state index contributed by atoms with van der Waals surface area (Å²) in [5, 5.41) is 1.90. The molecule has 2 nitrogen and oxygen atoms in total. The van der Waals surface area contributed by atoms with Gasteiger partial charge in [-0.1, -0.05) is 0 Å². The van der Waals surface area contributed by atoms with E-state index < -0.39 is 0 Å². The highest BCUT2D eigenvalue weighted by Crippen LogP contribution is 2.34. The van der Waals surface area contributed by atoms with Crippen molar-refractivity contribution in [3.63, 3.8) is 0 Å². The van der Waals surface area contributed by atoms with Gasteiger partial charge in [0.05, 0.1) is 13.9 Å². The first kappa shape index (κ1) is 7.76. The molecule has 2 aromatic heterocycles. The van der Waals surface area contributed by atoms with Gasteiger partial charge in [0.15, 0.2) is 5.78 Å². The van der Waals surface area contributed by atoms with Gasteiger partial charge in [-0.15, -0.1) is 22.7 Å². The van der Waals surface area contributed by atoms with Crippen LogP contribution >= 0.6 is 22.7 Å². The Bertz CT molecular complexity index is 409. The Kier molecular flexibility index (Phi) is 1.66. The smallest absolute Gasteiger partial charge is 0.169 e. The van der Waals surface area contributed by atoms with Crippen molar-refractivity contribution in [2.75, 3.05) is 5.73 Å². The SMILES string of the molecule is CC(=O)c1cc2cc(N)sc2s1. The molecule has 0 atom stereocenters. The molecule has 0 fully saturated rings. The molecule has 0 unspecified atom stereocenters. The minimum absolute atomic E-state index is 0.127. The lowest BCUT2D eigenvalue weighted by atomic mass is 10.3. The summed E-state index contributed by atoms with van der Waals surface area (Å²) in [6, 6.07) is 3.80. The van der Waals surface area contributed by atoms with E-state index in [4.69, 9.17) is 5.73 Å². The number of hydrogen-bond acceptors (Lipinski definition) is 4. The van der Waals surface area contributed by atoms with Crippen molar-refractivity contribution in [2.45, 2.75) is 6.92 Å². The van der Waals surface area contributed by atoms with E-state index in [1.54, 1.807) is 6.92 Å². The highest BCUT2D eigenvalue weighted by molar-refractivity contribution is 7.40. The van der Waals surface area contributed by atoms with Gasteiger partial charge < -0.3 is 5.73 Å². The molecule has 62 valence electrons. The largest absolute Gasteiger partial charge is 0.391 e. The van der Waals surface area contributed by atoms with Crippen LogP contribution in [0.25, 0.3) is 9.40 Å². The minimum Gasteiger partial charge on any atom is -0.391 e. The molecule has 0 saturated heterocycles. The van der Waals surface area contributed by atoms with Crippen LogP contribution in [0.4, 0.5) is 5.00 Å². The predicted octanol–water partition coefficient (Wildman–Crippen LogP) is 2.75. The lowest BCUT2D eigenvalue weighted by Crippen LogP contribution is -1.83. The van der Waals surface area contributed by atoms with E-state index in [-0.39, 0.29) is 5.78 Å². The molecule has 2 aromatic rings. The zero-order valence-electron chi connectivity index (χ0n) is 6.46. The molecule has 2 heterocycles. The number of anilines is 1. The number of ketones is 1. The van der Waals surface area contributed by atoms with E-state index in [2.05, 4.69) is 0 Å². The number of Topliss-reactive ketones (excluding diaryl/α,β-unsaturated/α-hetero) is 1. The van der Waals surface area contributed by atoms with Crippen molar-refractivity contribution in [1.29, 1.82) is 0 Å². The van der Waals surface area contributed by atoms with Crippen molar-refractivity contribution in [3.8, 4) is 0 Å². The van der Waals surface area contributed by atoms with Gasteiger partial charge in [0, 0.05) is 5.39 Å². The highest BCUT2D eigenvalue weighted by atomic mass is 32.2. The molecular weight excluding hydrogens is 190 g/mol. The van der Waals surface area contributed by atoms with Crippen LogP contribution in [-0.4, -0.2) is 5.78 Å². The monoisotopic (exact) mass is 197 g/mol. The van der Waals surface area contributed by atoms with Crippen LogP contribution < -0.4 is 5.73 Å². The Morgan fingerprint density at radius 3 is 2.75 bits per heavy atom. The molecule has 0 amide bonds. The lowest BCUT2D eigenvalue weighted by molar-refractivity contribution is 0.102. The van der Waals surface area contributed by atoms with Crippen molar-refractivity contribution in [3.05, 3.63) is 17.0 Å². The fourth-order valence-electron chi connectivity index (χ4n) is 1.03. The number of nitrogens with two attached hydrogens (primary N) is 1. The van der Waals surface area contributed by atoms with Crippen LogP contribution in [0.5, 0.6) is 0 Å². The van der Waals surface area contributed by atoms with Gasteiger partial charge in [0.25, 0.3) is 0 Å². The number of carbonyl (C=O) groups is 1. The van der Waals surface area contributed by atoms with Gasteiger partial charge in [0.1, 0.15) is 0 Å². The number of nitrogen functional groups attached to an aromatic ring is 1. The highest BCUT2D eigenvalue weighted by Gasteiger charge is 2.07. The van der Waals surface area contributed by atoms with Crippen LogP contribution in [0.2, 0.25) is 0 Å². The molecule has 2 N–H and O–H groups in total. The van der Waals surface area contributed by atoms with Crippen LogP contribution in [0.15, 0.2) is 12.1 Å². The molecule has 4 heteroatoms. The van der Waals surface area contributed by atoms with E-state index >= 15 is 0 Å². The summed E-state index contributed by atoms with van der Waals surface area (Å²) in [6.07, 6.45) is 0. The molecular formula is C8H7NOS2. The first-order valence-corrected chi connectivity index (χ1v) is 5.10. The summed E-state index contributed by atoms with van der Waals surface area (Å²) in [4.78, 5) is 11.8. The second kappa shape index (κ2) is 2.57. The van der Waals surface area contributed by atoms with E-state index in [1.165, 1.54) is 22.7 Å². The third-order valence-corrected chi connectivity index (χ3v) is 3.90. The molecule has 0 aromatic carbocycles. The maximum atomic E-state index is 11.0. The number of rotatable bonds is 1. The Hall–Kier alpha value is -0.870. The van der Waals surface area contributed by atoms with Crippen molar-refractivity contribution in [1.82, 2.24) is 0 Å². The molecule has 0 aliphatic carbocycles. The first-order chi connectivity index (χ1) is 5.66. The maximum Gasteiger partial charge on any atom is 0.169 e. The number of thiophene rings is 2. The Morgan fingerprint density at radius 2 is 2.17 bits per heavy atom. The van der Waals surface area contributed by atoms with Gasteiger partial charge >= 0.3 is 0 Å². The average molecular weight is 197 g/mol. The fourth-order valence-corrected chi connectivity index (χ4v) is 3.16. The Morgan fingerprint density at radius 1 is 1.42 bits per heavy atom. The molecule has 2 rings (SSSR count). The third-order valence-electron chi connectivity index (χ3n) is 1.58. The van der Waals surface area contributed by atoms with Crippen molar-refractivity contribution in [2.24, 2.45) is 0 Å². The second-order valence-electron chi connectivity index (χ2n) is 2.56. The number of hydrogen-bond donors (Lipinski definition) is 1. The van der Waals surface area contributed by atoms with E-state index in [9.17, 15) is 4.79 Å². The molecule has 0 bridgehead atoms. The topological polar surface area (TPSA) is 43.1 Å². The molecule has 0 aliphatic heterocycles.